The number of benzene rings is 3. The molecule has 2 saturated heterocycles. The second-order valence-electron chi connectivity index (χ2n) is 10.3. The molecule has 0 atom stereocenters. The zero-order valence-corrected chi connectivity index (χ0v) is 25.0. The average Bonchev–Trinajstić information content (AvgIpc) is 3.60. The van der Waals surface area contributed by atoms with E-state index in [9.17, 15) is 9.59 Å². The predicted octanol–water partition coefficient (Wildman–Crippen LogP) is 5.08. The molecule has 2 aliphatic heterocycles. The maximum absolute atomic E-state index is 13.3. The second-order valence-corrected chi connectivity index (χ2v) is 12.0. The number of rotatable bonds is 10. The molecule has 0 bridgehead atoms. The number of aromatic nitrogens is 2. The van der Waals surface area contributed by atoms with Crippen molar-refractivity contribution >= 4 is 57.2 Å². The Bertz CT molecular complexity index is 1700. The van der Waals surface area contributed by atoms with E-state index in [4.69, 9.17) is 26.8 Å². The highest BCUT2D eigenvalue weighted by atomic mass is 32.2. The predicted molar refractivity (Wildman–Crippen MR) is 171 cm³/mol. The maximum atomic E-state index is 13.3. The first-order valence-electron chi connectivity index (χ1n) is 14.0. The number of carbonyl (C=O) groups excluding carboxylic acids is 1. The fourth-order valence-corrected chi connectivity index (χ4v) is 6.42. The van der Waals surface area contributed by atoms with Gasteiger partial charge in [0.2, 0.25) is 0 Å². The van der Waals surface area contributed by atoms with Gasteiger partial charge >= 0.3 is 5.97 Å². The zero-order valence-electron chi connectivity index (χ0n) is 23.3. The molecule has 2 aliphatic rings. The van der Waals surface area contributed by atoms with Crippen LogP contribution in [0.3, 0.4) is 0 Å². The number of fused-ring (bicyclic) bond motifs is 1. The third-order valence-corrected chi connectivity index (χ3v) is 8.90. The fraction of sp³-hybridized carbons (Fsp3) is 0.250. The molecule has 6 rings (SSSR count). The molecule has 0 saturated carbocycles. The lowest BCUT2D eigenvalue weighted by molar-refractivity contribution is -0.122. The van der Waals surface area contributed by atoms with Crippen LogP contribution in [0.4, 0.5) is 0 Å². The standard InChI is InChI=1S/C32H30N4O5S2/c37-30-29(43-32(42)36(30)10-9-21-1-4-23(5-2-21)31(38)39)18-22-3-8-28(41-16-13-35-11-14-40-15-12-35)26(17-22)24-6-7-27-25(19-24)20-33-34-27/h1-8,17-20H,9-16H2,(H,33,34)(H,38,39). The SMILES string of the molecule is O=C(O)c1ccc(CCN2C(=O)C(=Cc3ccc(OCCN4CCOCC4)c(-c4ccc5[nH]ncc5c4)c3)SC2=S)cc1. The molecular formula is C32H30N4O5S2. The molecule has 0 unspecified atom stereocenters. The maximum Gasteiger partial charge on any atom is 0.335 e. The van der Waals surface area contributed by atoms with Gasteiger partial charge in [-0.15, -0.1) is 0 Å². The molecule has 1 amide bonds. The van der Waals surface area contributed by atoms with Gasteiger partial charge in [0.15, 0.2) is 0 Å². The van der Waals surface area contributed by atoms with Crippen LogP contribution >= 0.6 is 24.0 Å². The van der Waals surface area contributed by atoms with Crippen LogP contribution in [-0.4, -0.2) is 87.3 Å². The summed E-state index contributed by atoms with van der Waals surface area (Å²) in [6.07, 6.45) is 4.24. The number of ether oxygens (including phenoxy) is 2. The van der Waals surface area contributed by atoms with Gasteiger partial charge in [0.1, 0.15) is 16.7 Å². The Morgan fingerprint density at radius 3 is 2.70 bits per heavy atom. The number of H-pyrrole nitrogens is 1. The van der Waals surface area contributed by atoms with Crippen molar-refractivity contribution in [1.82, 2.24) is 20.0 Å². The molecule has 4 aromatic rings. The first-order chi connectivity index (χ1) is 20.9. The number of amides is 1. The van der Waals surface area contributed by atoms with Crippen molar-refractivity contribution in [2.75, 3.05) is 46.0 Å². The quantitative estimate of drug-likeness (QED) is 0.187. The lowest BCUT2D eigenvalue weighted by Crippen LogP contribution is -2.38. The molecule has 3 heterocycles. The van der Waals surface area contributed by atoms with E-state index in [1.54, 1.807) is 35.4 Å². The molecule has 0 spiro atoms. The Morgan fingerprint density at radius 1 is 1.09 bits per heavy atom. The van der Waals surface area contributed by atoms with Crippen LogP contribution < -0.4 is 4.74 Å². The minimum Gasteiger partial charge on any atom is -0.492 e. The van der Waals surface area contributed by atoms with Crippen LogP contribution in [0.2, 0.25) is 0 Å². The summed E-state index contributed by atoms with van der Waals surface area (Å²) in [5, 5.41) is 17.3. The van der Waals surface area contributed by atoms with Crippen molar-refractivity contribution in [3.63, 3.8) is 0 Å². The monoisotopic (exact) mass is 614 g/mol. The molecule has 9 nitrogen and oxygen atoms in total. The van der Waals surface area contributed by atoms with E-state index in [-0.39, 0.29) is 11.5 Å². The molecule has 43 heavy (non-hydrogen) atoms. The third-order valence-electron chi connectivity index (χ3n) is 7.52. The Labute approximate surface area is 258 Å². The number of aromatic amines is 1. The molecule has 1 aromatic heterocycles. The van der Waals surface area contributed by atoms with E-state index in [1.807, 2.05) is 36.4 Å². The number of carboxylic acids is 1. The summed E-state index contributed by atoms with van der Waals surface area (Å²) in [4.78, 5) is 29.0. The van der Waals surface area contributed by atoms with Gasteiger partial charge in [-0.2, -0.15) is 5.10 Å². The van der Waals surface area contributed by atoms with E-state index in [1.165, 1.54) is 11.8 Å². The fourth-order valence-electron chi connectivity index (χ4n) is 5.11. The summed E-state index contributed by atoms with van der Waals surface area (Å²) in [5.74, 6) is -0.328. The number of nitrogens with zero attached hydrogens (tertiary/aromatic N) is 3. The number of hydrogen-bond donors (Lipinski definition) is 2. The van der Waals surface area contributed by atoms with E-state index < -0.39 is 5.97 Å². The minimum absolute atomic E-state index is 0.135. The van der Waals surface area contributed by atoms with E-state index >= 15 is 0 Å². The first-order valence-corrected chi connectivity index (χ1v) is 15.3. The summed E-state index contributed by atoms with van der Waals surface area (Å²) >= 11 is 6.84. The zero-order chi connectivity index (χ0) is 29.8. The number of hydrogen-bond acceptors (Lipinski definition) is 8. The number of morpholine rings is 1. The number of carbonyl (C=O) groups is 2. The minimum atomic E-state index is -0.966. The second kappa shape index (κ2) is 13.1. The van der Waals surface area contributed by atoms with Crippen LogP contribution in [0.5, 0.6) is 5.75 Å². The highest BCUT2D eigenvalue weighted by Gasteiger charge is 2.31. The number of nitrogens with one attached hydrogen (secondary N) is 1. The lowest BCUT2D eigenvalue weighted by Gasteiger charge is -2.26. The van der Waals surface area contributed by atoms with Gasteiger partial charge in [-0.1, -0.05) is 48.2 Å². The third kappa shape index (κ3) is 6.80. The Morgan fingerprint density at radius 2 is 1.91 bits per heavy atom. The Hall–Kier alpha value is -4.03. The van der Waals surface area contributed by atoms with Crippen LogP contribution in [0, 0.1) is 0 Å². The van der Waals surface area contributed by atoms with Crippen molar-refractivity contribution < 1.29 is 24.2 Å². The summed E-state index contributed by atoms with van der Waals surface area (Å²) in [6, 6.07) is 18.8. The van der Waals surface area contributed by atoms with Crippen LogP contribution in [0.15, 0.2) is 71.8 Å². The Balaban J connectivity index is 1.20. The van der Waals surface area contributed by atoms with Crippen molar-refractivity contribution in [3.05, 3.63) is 88.5 Å². The molecule has 2 fully saturated rings. The Kier molecular flexibility index (Phi) is 8.85. The summed E-state index contributed by atoms with van der Waals surface area (Å²) in [7, 11) is 0. The van der Waals surface area contributed by atoms with Gasteiger partial charge in [0, 0.05) is 37.1 Å². The van der Waals surface area contributed by atoms with Gasteiger partial charge in [-0.05, 0) is 65.6 Å². The van der Waals surface area contributed by atoms with Crippen LogP contribution in [0.1, 0.15) is 21.5 Å². The molecular weight excluding hydrogens is 585 g/mol. The molecule has 11 heteroatoms. The van der Waals surface area contributed by atoms with Gasteiger partial charge in [-0.3, -0.25) is 19.7 Å². The van der Waals surface area contributed by atoms with Crippen molar-refractivity contribution in [2.24, 2.45) is 0 Å². The van der Waals surface area contributed by atoms with Crippen molar-refractivity contribution in [1.29, 1.82) is 0 Å². The van der Waals surface area contributed by atoms with Crippen molar-refractivity contribution in [3.8, 4) is 16.9 Å². The summed E-state index contributed by atoms with van der Waals surface area (Å²) in [5.41, 5.74) is 4.91. The van der Waals surface area contributed by atoms with Gasteiger partial charge in [0.05, 0.1) is 35.4 Å². The number of aromatic carboxylic acids is 1. The summed E-state index contributed by atoms with van der Waals surface area (Å²) < 4.78 is 12.3. The van der Waals surface area contributed by atoms with Gasteiger partial charge in [0.25, 0.3) is 5.91 Å². The van der Waals surface area contributed by atoms with Crippen LogP contribution in [-0.2, 0) is 16.0 Å². The average molecular weight is 615 g/mol. The molecule has 220 valence electrons. The van der Waals surface area contributed by atoms with E-state index in [2.05, 4.69) is 21.2 Å². The largest absolute Gasteiger partial charge is 0.492 e. The van der Waals surface area contributed by atoms with E-state index in [0.29, 0.717) is 28.8 Å². The molecule has 0 aliphatic carbocycles. The highest BCUT2D eigenvalue weighted by molar-refractivity contribution is 8.26. The molecule has 3 aromatic carbocycles. The van der Waals surface area contributed by atoms with Gasteiger partial charge < -0.3 is 14.6 Å². The topological polar surface area (TPSA) is 108 Å². The number of thioether (sulfide) groups is 1. The first kappa shape index (κ1) is 29.1. The van der Waals surface area contributed by atoms with Crippen LogP contribution in [0.25, 0.3) is 28.1 Å². The normalized spacial score (nSPS) is 16.8. The molecule has 2 N–H and O–H groups in total. The summed E-state index contributed by atoms with van der Waals surface area (Å²) in [6.45, 7) is 5.09. The lowest BCUT2D eigenvalue weighted by atomic mass is 10.0. The highest BCUT2D eigenvalue weighted by Crippen LogP contribution is 2.36. The number of carboxylic acid groups (broad SMARTS) is 1. The van der Waals surface area contributed by atoms with Gasteiger partial charge in [-0.25, -0.2) is 4.79 Å². The van der Waals surface area contributed by atoms with E-state index in [0.717, 1.165) is 71.8 Å². The smallest absolute Gasteiger partial charge is 0.335 e. The molecule has 0 radical (unpaired) electrons. The van der Waals surface area contributed by atoms with Crippen molar-refractivity contribution in [2.45, 2.75) is 6.42 Å². The number of thiocarbonyl (C=S) groups is 1.